The molecule has 2 aromatic rings. The Bertz CT molecular complexity index is 465. The Morgan fingerprint density at radius 2 is 2.21 bits per heavy atom. The highest BCUT2D eigenvalue weighted by atomic mass is 35.5. The van der Waals surface area contributed by atoms with Crippen LogP contribution in [0, 0.1) is 12.7 Å². The molecule has 0 bridgehead atoms. The first-order chi connectivity index (χ1) is 6.68. The van der Waals surface area contributed by atoms with Crippen LogP contribution in [0.15, 0.2) is 30.7 Å². The van der Waals surface area contributed by atoms with Gasteiger partial charge in [0.2, 0.25) is 0 Å². The Labute approximate surface area is 86.0 Å². The van der Waals surface area contributed by atoms with Crippen molar-refractivity contribution < 1.29 is 4.39 Å². The number of nitrogens with zero attached hydrogens (tertiary/aromatic N) is 2. The van der Waals surface area contributed by atoms with Crippen LogP contribution in [0.3, 0.4) is 0 Å². The average Bonchev–Trinajstić information content (AvgIpc) is 2.52. The number of aromatic nitrogens is 2. The lowest BCUT2D eigenvalue weighted by Gasteiger charge is -2.06. The maximum Gasteiger partial charge on any atom is 0.124 e. The molecule has 0 saturated carbocycles. The lowest BCUT2D eigenvalue weighted by Crippen LogP contribution is -1.95. The van der Waals surface area contributed by atoms with Crippen LogP contribution in [0.2, 0.25) is 5.02 Å². The standard InChI is InChI=1S/C10H8ClFN2/c1-7-5-13-6-14(7)10-3-2-8(12)4-9(10)11/h2-6H,1H3. The molecule has 0 saturated heterocycles. The topological polar surface area (TPSA) is 17.8 Å². The van der Waals surface area contributed by atoms with Crippen molar-refractivity contribution in [2.75, 3.05) is 0 Å². The largest absolute Gasteiger partial charge is 0.302 e. The number of hydrogen-bond donors (Lipinski definition) is 0. The lowest BCUT2D eigenvalue weighted by atomic mass is 10.3. The monoisotopic (exact) mass is 210 g/mol. The molecule has 2 rings (SSSR count). The van der Waals surface area contributed by atoms with Crippen molar-refractivity contribution in [2.24, 2.45) is 0 Å². The average molecular weight is 211 g/mol. The Hall–Kier alpha value is -1.35. The minimum atomic E-state index is -0.337. The summed E-state index contributed by atoms with van der Waals surface area (Å²) in [6, 6.07) is 4.29. The van der Waals surface area contributed by atoms with Gasteiger partial charge in [0.05, 0.1) is 17.0 Å². The molecule has 72 valence electrons. The molecule has 1 aromatic carbocycles. The molecule has 14 heavy (non-hydrogen) atoms. The normalized spacial score (nSPS) is 10.5. The van der Waals surface area contributed by atoms with Gasteiger partial charge in [-0.3, -0.25) is 0 Å². The van der Waals surface area contributed by atoms with Crippen molar-refractivity contribution in [3.05, 3.63) is 47.3 Å². The molecular weight excluding hydrogens is 203 g/mol. The minimum Gasteiger partial charge on any atom is -0.302 e. The van der Waals surface area contributed by atoms with Crippen molar-refractivity contribution in [1.29, 1.82) is 0 Å². The van der Waals surface area contributed by atoms with Gasteiger partial charge in [0.1, 0.15) is 5.82 Å². The Morgan fingerprint density at radius 1 is 1.43 bits per heavy atom. The van der Waals surface area contributed by atoms with Crippen molar-refractivity contribution in [3.63, 3.8) is 0 Å². The highest BCUT2D eigenvalue weighted by Gasteiger charge is 2.05. The van der Waals surface area contributed by atoms with E-state index in [-0.39, 0.29) is 5.82 Å². The zero-order valence-corrected chi connectivity index (χ0v) is 8.29. The second kappa shape index (κ2) is 3.42. The molecule has 0 fully saturated rings. The first-order valence-electron chi connectivity index (χ1n) is 4.13. The summed E-state index contributed by atoms with van der Waals surface area (Å²) in [6.07, 6.45) is 3.37. The molecule has 0 atom stereocenters. The smallest absolute Gasteiger partial charge is 0.124 e. The maximum atomic E-state index is 12.8. The van der Waals surface area contributed by atoms with Gasteiger partial charge in [0, 0.05) is 11.9 Å². The lowest BCUT2D eigenvalue weighted by molar-refractivity contribution is 0.627. The number of hydrogen-bond acceptors (Lipinski definition) is 1. The predicted octanol–water partition coefficient (Wildman–Crippen LogP) is 2.97. The summed E-state index contributed by atoms with van der Waals surface area (Å²) in [4.78, 5) is 3.97. The summed E-state index contributed by atoms with van der Waals surface area (Å²) in [6.45, 7) is 1.91. The second-order valence-electron chi connectivity index (χ2n) is 3.00. The van der Waals surface area contributed by atoms with Crippen LogP contribution < -0.4 is 0 Å². The zero-order valence-electron chi connectivity index (χ0n) is 7.54. The van der Waals surface area contributed by atoms with E-state index in [4.69, 9.17) is 11.6 Å². The Balaban J connectivity index is 2.58. The molecule has 1 aromatic heterocycles. The van der Waals surface area contributed by atoms with Crippen LogP contribution in [0.1, 0.15) is 5.69 Å². The summed E-state index contributed by atoms with van der Waals surface area (Å²) in [5.41, 5.74) is 1.70. The summed E-state index contributed by atoms with van der Waals surface area (Å²) >= 11 is 5.90. The van der Waals surface area contributed by atoms with E-state index in [0.29, 0.717) is 5.02 Å². The maximum absolute atomic E-state index is 12.8. The third-order valence-corrected chi connectivity index (χ3v) is 2.30. The molecule has 0 unspecified atom stereocenters. The first-order valence-corrected chi connectivity index (χ1v) is 4.50. The van der Waals surface area contributed by atoms with Gasteiger partial charge in [-0.2, -0.15) is 0 Å². The van der Waals surface area contributed by atoms with E-state index in [1.807, 2.05) is 11.5 Å². The van der Waals surface area contributed by atoms with E-state index in [1.165, 1.54) is 12.1 Å². The van der Waals surface area contributed by atoms with Gasteiger partial charge < -0.3 is 4.57 Å². The fourth-order valence-corrected chi connectivity index (χ4v) is 1.55. The van der Waals surface area contributed by atoms with Crippen LogP contribution in [0.25, 0.3) is 5.69 Å². The van der Waals surface area contributed by atoms with E-state index in [2.05, 4.69) is 4.98 Å². The summed E-state index contributed by atoms with van der Waals surface area (Å²) in [5.74, 6) is -0.337. The van der Waals surface area contributed by atoms with Gasteiger partial charge in [0.15, 0.2) is 0 Å². The fraction of sp³-hybridized carbons (Fsp3) is 0.100. The van der Waals surface area contributed by atoms with E-state index in [0.717, 1.165) is 11.4 Å². The van der Waals surface area contributed by atoms with Gasteiger partial charge >= 0.3 is 0 Å². The van der Waals surface area contributed by atoms with Gasteiger partial charge in [-0.15, -0.1) is 0 Å². The molecule has 0 N–H and O–H groups in total. The van der Waals surface area contributed by atoms with Crippen LogP contribution in [0.5, 0.6) is 0 Å². The molecule has 0 spiro atoms. The van der Waals surface area contributed by atoms with Crippen molar-refractivity contribution in [3.8, 4) is 5.69 Å². The van der Waals surface area contributed by atoms with E-state index in [1.54, 1.807) is 18.6 Å². The van der Waals surface area contributed by atoms with E-state index < -0.39 is 0 Å². The highest BCUT2D eigenvalue weighted by Crippen LogP contribution is 2.22. The molecule has 1 heterocycles. The van der Waals surface area contributed by atoms with Gasteiger partial charge in [0.25, 0.3) is 0 Å². The number of halogens is 2. The van der Waals surface area contributed by atoms with Gasteiger partial charge in [-0.1, -0.05) is 11.6 Å². The van der Waals surface area contributed by atoms with Crippen LogP contribution in [-0.4, -0.2) is 9.55 Å². The summed E-state index contributed by atoms with van der Waals surface area (Å²) in [7, 11) is 0. The third kappa shape index (κ3) is 1.51. The minimum absolute atomic E-state index is 0.337. The fourth-order valence-electron chi connectivity index (χ4n) is 1.29. The number of rotatable bonds is 1. The first kappa shape index (κ1) is 9.21. The highest BCUT2D eigenvalue weighted by molar-refractivity contribution is 6.32. The Kier molecular flexibility index (Phi) is 2.25. The molecule has 0 amide bonds. The third-order valence-electron chi connectivity index (χ3n) is 1.99. The quantitative estimate of drug-likeness (QED) is 0.708. The zero-order chi connectivity index (χ0) is 10.1. The van der Waals surface area contributed by atoms with Crippen LogP contribution >= 0.6 is 11.6 Å². The molecule has 0 aliphatic heterocycles. The molecule has 2 nitrogen and oxygen atoms in total. The van der Waals surface area contributed by atoms with E-state index >= 15 is 0 Å². The van der Waals surface area contributed by atoms with Crippen molar-refractivity contribution >= 4 is 11.6 Å². The van der Waals surface area contributed by atoms with E-state index in [9.17, 15) is 4.39 Å². The molecule has 0 radical (unpaired) electrons. The molecule has 0 aliphatic rings. The molecule has 4 heteroatoms. The molecule has 0 aliphatic carbocycles. The predicted molar refractivity (Wildman–Crippen MR) is 53.3 cm³/mol. The van der Waals surface area contributed by atoms with Gasteiger partial charge in [-0.25, -0.2) is 9.37 Å². The van der Waals surface area contributed by atoms with Crippen LogP contribution in [-0.2, 0) is 0 Å². The van der Waals surface area contributed by atoms with Crippen LogP contribution in [0.4, 0.5) is 4.39 Å². The summed E-state index contributed by atoms with van der Waals surface area (Å²) in [5, 5.41) is 0.381. The summed E-state index contributed by atoms with van der Waals surface area (Å²) < 4.78 is 14.6. The van der Waals surface area contributed by atoms with Crippen molar-refractivity contribution in [1.82, 2.24) is 9.55 Å². The SMILES string of the molecule is Cc1cncn1-c1ccc(F)cc1Cl. The van der Waals surface area contributed by atoms with Gasteiger partial charge in [-0.05, 0) is 25.1 Å². The molecular formula is C10H8ClFN2. The Morgan fingerprint density at radius 3 is 2.79 bits per heavy atom. The second-order valence-corrected chi connectivity index (χ2v) is 3.41. The van der Waals surface area contributed by atoms with Crippen molar-refractivity contribution in [2.45, 2.75) is 6.92 Å². The number of benzene rings is 1. The number of imidazole rings is 1. The number of aryl methyl sites for hydroxylation is 1.